The monoisotopic (exact) mass is 1660 g/mol. The lowest BCUT2D eigenvalue weighted by molar-refractivity contribution is 1.19. The molecule has 0 fully saturated rings. The highest BCUT2D eigenvalue weighted by Gasteiger charge is 2.22. The molecule has 0 amide bonds. The minimum atomic E-state index is 0.934. The number of rotatable bonds is 15. The van der Waals surface area contributed by atoms with Gasteiger partial charge < -0.3 is 0 Å². The van der Waals surface area contributed by atoms with E-state index in [4.69, 9.17) is 19.9 Å². The Balaban J connectivity index is 0.000000114. The van der Waals surface area contributed by atoms with Crippen LogP contribution in [0, 0.1) is 6.92 Å². The number of hydrogen-bond acceptors (Lipinski definition) is 6. The molecule has 0 atom stereocenters. The first-order valence-electron chi connectivity index (χ1n) is 43.9. The van der Waals surface area contributed by atoms with Gasteiger partial charge in [-0.05, 0) is 262 Å². The van der Waals surface area contributed by atoms with Crippen LogP contribution >= 0.6 is 0 Å². The van der Waals surface area contributed by atoms with Gasteiger partial charge in [0, 0.05) is 93.6 Å². The van der Waals surface area contributed by atoms with E-state index < -0.39 is 0 Å². The van der Waals surface area contributed by atoms with E-state index in [0.717, 1.165) is 146 Å². The molecule has 0 aliphatic heterocycles. The van der Waals surface area contributed by atoms with Gasteiger partial charge in [-0.2, -0.15) is 0 Å². The van der Waals surface area contributed by atoms with Crippen molar-refractivity contribution in [3.8, 4) is 168 Å². The van der Waals surface area contributed by atoms with Gasteiger partial charge in [0.25, 0.3) is 0 Å². The lowest BCUT2D eigenvalue weighted by Crippen LogP contribution is -1.91. The first-order chi connectivity index (χ1) is 64.3. The molecule has 0 spiro atoms. The maximum absolute atomic E-state index is 5.01. The van der Waals surface area contributed by atoms with E-state index >= 15 is 0 Å². The predicted octanol–water partition coefficient (Wildman–Crippen LogP) is 31.0. The van der Waals surface area contributed by atoms with Crippen molar-refractivity contribution < 1.29 is 0 Å². The zero-order valence-corrected chi connectivity index (χ0v) is 71.2. The van der Waals surface area contributed by atoms with Crippen LogP contribution in [-0.2, 0) is 0 Å². The van der Waals surface area contributed by atoms with Crippen molar-refractivity contribution >= 4 is 49.3 Å². The molecule has 0 aliphatic rings. The van der Waals surface area contributed by atoms with Gasteiger partial charge in [-0.25, -0.2) is 15.0 Å². The molecule has 0 bridgehead atoms. The van der Waals surface area contributed by atoms with Crippen LogP contribution in [0.3, 0.4) is 0 Å². The highest BCUT2D eigenvalue weighted by atomic mass is 15.0. The lowest BCUT2D eigenvalue weighted by Gasteiger charge is -2.13. The van der Waals surface area contributed by atoms with Crippen molar-refractivity contribution in [3.05, 3.63) is 492 Å². The third kappa shape index (κ3) is 16.1. The van der Waals surface area contributed by atoms with Gasteiger partial charge in [0.15, 0.2) is 0 Å². The highest BCUT2D eigenvalue weighted by Crippen LogP contribution is 2.43. The van der Waals surface area contributed by atoms with Crippen LogP contribution in [0.25, 0.3) is 217 Å². The molecule has 0 unspecified atom stereocenters. The van der Waals surface area contributed by atoms with Crippen molar-refractivity contribution in [1.29, 1.82) is 0 Å². The molecular formula is C121H83N9. The Morgan fingerprint density at radius 1 is 0.169 bits per heavy atom. The third-order valence-corrected chi connectivity index (χ3v) is 24.4. The van der Waals surface area contributed by atoms with E-state index in [1.165, 1.54) is 76.8 Å². The first kappa shape index (κ1) is 78.6. The summed E-state index contributed by atoms with van der Waals surface area (Å²) in [6.07, 6.45) is 13.7. The van der Waals surface area contributed by atoms with Crippen LogP contribution in [0.1, 0.15) is 5.69 Å². The molecule has 24 aromatic rings. The van der Waals surface area contributed by atoms with Crippen molar-refractivity contribution in [1.82, 2.24) is 43.1 Å². The second-order valence-corrected chi connectivity index (χ2v) is 32.8. The Morgan fingerprint density at radius 3 is 0.808 bits per heavy atom. The van der Waals surface area contributed by atoms with E-state index in [0.29, 0.717) is 0 Å². The Hall–Kier alpha value is -17.4. The molecule has 0 aliphatic carbocycles. The summed E-state index contributed by atoms with van der Waals surface area (Å²) < 4.78 is 6.54. The molecule has 15 aromatic carbocycles. The number of imidazole rings is 3. The van der Waals surface area contributed by atoms with Gasteiger partial charge >= 0.3 is 0 Å². The molecule has 9 nitrogen and oxygen atoms in total. The van der Waals surface area contributed by atoms with Crippen LogP contribution in [0.15, 0.2) is 486 Å². The zero-order chi connectivity index (χ0) is 86.6. The van der Waals surface area contributed by atoms with Gasteiger partial charge in [-0.3, -0.25) is 28.2 Å². The van der Waals surface area contributed by atoms with Gasteiger partial charge in [-0.15, -0.1) is 0 Å². The summed E-state index contributed by atoms with van der Waals surface area (Å²) in [4.78, 5) is 28.5. The third-order valence-electron chi connectivity index (χ3n) is 24.4. The van der Waals surface area contributed by atoms with E-state index in [1.54, 1.807) is 0 Å². The molecule has 0 saturated carbocycles. The van der Waals surface area contributed by atoms with Gasteiger partial charge in [0.1, 0.15) is 16.9 Å². The summed E-state index contributed by atoms with van der Waals surface area (Å²) in [7, 11) is 0. The van der Waals surface area contributed by atoms with Crippen LogP contribution in [0.5, 0.6) is 0 Å². The maximum atomic E-state index is 5.01. The van der Waals surface area contributed by atoms with Crippen molar-refractivity contribution in [2.45, 2.75) is 6.92 Å². The van der Waals surface area contributed by atoms with Crippen LogP contribution in [0.2, 0.25) is 0 Å². The Morgan fingerprint density at radius 2 is 0.462 bits per heavy atom. The van der Waals surface area contributed by atoms with Crippen LogP contribution in [-0.4, -0.2) is 43.1 Å². The van der Waals surface area contributed by atoms with Crippen molar-refractivity contribution in [3.63, 3.8) is 0 Å². The molecule has 612 valence electrons. The average molecular weight is 1660 g/mol. The minimum Gasteiger partial charge on any atom is -0.299 e. The second kappa shape index (κ2) is 35.0. The summed E-state index contributed by atoms with van der Waals surface area (Å²) in [6.45, 7) is 2.04. The molecule has 0 saturated heterocycles. The van der Waals surface area contributed by atoms with E-state index in [2.05, 4.69) is 436 Å². The molecule has 0 N–H and O–H groups in total. The fourth-order valence-corrected chi connectivity index (χ4v) is 17.9. The summed E-state index contributed by atoms with van der Waals surface area (Å²) in [5, 5.41) is 7.44. The first-order valence-corrected chi connectivity index (χ1v) is 43.9. The predicted molar refractivity (Wildman–Crippen MR) is 538 cm³/mol. The Kier molecular flexibility index (Phi) is 21.1. The molecule has 9 heteroatoms. The fourth-order valence-electron chi connectivity index (χ4n) is 17.9. The molecular weight excluding hydrogens is 1580 g/mol. The molecule has 0 radical (unpaired) electrons. The SMILES string of the molecule is Cc1cccc(-c2cc(-c3ccc(-c4c(-c5ccccc5)nc5ccccn45)cc3)cc(-c3ccc4ccccc4c3)c2)n1.c1ccc(-c2nc3ccccn3c2-c2ccc(-c3cc(-c4cccnc4)cc(-c4ccc5ccccc5c4)c3)cc2)cc1.c1ccc(-c2nc3ccccn3c2-c2ccc(-c3cc(-c4ccncc4)cc(-c4ccc5ccccc5c4)c3)cc2)cc1. The summed E-state index contributed by atoms with van der Waals surface area (Å²) >= 11 is 0. The molecule has 24 rings (SSSR count). The Bertz CT molecular complexity index is 7930. The molecule has 9 heterocycles. The van der Waals surface area contributed by atoms with Gasteiger partial charge in [-0.1, -0.05) is 303 Å². The largest absolute Gasteiger partial charge is 0.299 e. The van der Waals surface area contributed by atoms with Gasteiger partial charge in [0.2, 0.25) is 0 Å². The normalized spacial score (nSPS) is 11.3. The zero-order valence-electron chi connectivity index (χ0n) is 71.2. The topological polar surface area (TPSA) is 90.6 Å². The standard InChI is InChI=1S/C41H29N3.2C40H27N3/c1-28-10-9-15-38(42-28)37-26-35(25-36(27-37)34-22-19-29-11-5-6-14-33(29)24-34)30-17-20-32(21-18-30)41-40(31-12-3-2-4-13-31)43-39-16-7-8-23-44(39)41;1-2-10-30(11-3-1)39-40(43-22-7-6-14-38(43)42-39)31-18-15-29(16-19-31)35-24-36(26-37(25-35)34-13-8-21-41-27-34)33-20-17-28-9-4-5-12-32(28)23-33;1-2-9-31(10-3-1)39-40(43-23-7-6-12-38(43)42-39)32-16-13-29(14-17-32)35-25-36(30-19-21-41-22-20-30)27-37(26-35)34-18-15-28-8-4-5-11-33(28)24-34/h2-27H,1H3;2*1-27H. The van der Waals surface area contributed by atoms with E-state index in [1.807, 2.05) is 80.2 Å². The number of benzene rings is 15. The van der Waals surface area contributed by atoms with Crippen molar-refractivity contribution in [2.75, 3.05) is 0 Å². The van der Waals surface area contributed by atoms with E-state index in [9.17, 15) is 0 Å². The highest BCUT2D eigenvalue weighted by molar-refractivity contribution is 5.95. The number of nitrogens with zero attached hydrogens (tertiary/aromatic N) is 9. The quantitative estimate of drug-likeness (QED) is 0.102. The molecule has 9 aromatic heterocycles. The smallest absolute Gasteiger partial charge is 0.137 e. The summed E-state index contributed by atoms with van der Waals surface area (Å²) in [5.41, 5.74) is 37.5. The minimum absolute atomic E-state index is 0.934. The number of fused-ring (bicyclic) bond motifs is 6. The lowest BCUT2D eigenvalue weighted by atomic mass is 9.92. The molecule has 130 heavy (non-hydrogen) atoms. The summed E-state index contributed by atoms with van der Waals surface area (Å²) in [5.74, 6) is 0. The number of aryl methyl sites for hydroxylation is 1. The summed E-state index contributed by atoms with van der Waals surface area (Å²) in [6, 6.07) is 157. The number of pyridine rings is 6. The number of hydrogen-bond donors (Lipinski definition) is 0. The maximum Gasteiger partial charge on any atom is 0.137 e. The van der Waals surface area contributed by atoms with Crippen LogP contribution in [0.4, 0.5) is 0 Å². The average Bonchev–Trinajstić information content (AvgIpc) is 1.68. The van der Waals surface area contributed by atoms with Crippen LogP contribution < -0.4 is 0 Å². The Labute approximate surface area is 753 Å². The fraction of sp³-hybridized carbons (Fsp3) is 0.00826. The van der Waals surface area contributed by atoms with Gasteiger partial charge in [0.05, 0.1) is 39.9 Å². The van der Waals surface area contributed by atoms with Crippen molar-refractivity contribution in [2.24, 2.45) is 0 Å². The van der Waals surface area contributed by atoms with E-state index in [-0.39, 0.29) is 0 Å². The second-order valence-electron chi connectivity index (χ2n) is 32.8. The number of aromatic nitrogens is 9.